The number of amides is 1. The third kappa shape index (κ3) is 5.88. The summed E-state index contributed by atoms with van der Waals surface area (Å²) in [6.07, 6.45) is 2.50. The predicted octanol–water partition coefficient (Wildman–Crippen LogP) is 2.38. The van der Waals surface area contributed by atoms with E-state index in [1.54, 1.807) is 25.2 Å². The van der Waals surface area contributed by atoms with Crippen LogP contribution in [0.1, 0.15) is 24.7 Å². The lowest BCUT2D eigenvalue weighted by Gasteiger charge is -2.27. The van der Waals surface area contributed by atoms with E-state index in [1.807, 2.05) is 41.8 Å². The van der Waals surface area contributed by atoms with Crippen molar-refractivity contribution in [3.63, 3.8) is 0 Å². The molecule has 3 heterocycles. The number of carbonyl (C=O) groups excluding carboxylic acids is 1. The average molecular weight is 507 g/mol. The van der Waals surface area contributed by atoms with Crippen molar-refractivity contribution >= 4 is 40.6 Å². The second kappa shape index (κ2) is 11.8. The van der Waals surface area contributed by atoms with Gasteiger partial charge in [0.25, 0.3) is 5.95 Å². The molecule has 0 saturated carbocycles. The summed E-state index contributed by atoms with van der Waals surface area (Å²) >= 11 is 0. The molecular weight excluding hydrogens is 472 g/mol. The number of fused-ring (bicyclic) bond motifs is 1. The number of benzene rings is 1. The number of carbonyl (C=O) groups is 1. The molecule has 1 fully saturated rings. The molecule has 0 radical (unpaired) electrons. The second-order valence-electron chi connectivity index (χ2n) is 8.79. The molecule has 0 aliphatic carbocycles. The lowest BCUT2D eigenvalue weighted by molar-refractivity contribution is -0.128. The van der Waals surface area contributed by atoms with Crippen LogP contribution in [0.4, 0.5) is 11.8 Å². The smallest absolute Gasteiger partial charge is 0.253 e. The number of nitrogens with two attached hydrogens (primary N) is 1. The van der Waals surface area contributed by atoms with Crippen LogP contribution in [0.2, 0.25) is 0 Å². The summed E-state index contributed by atoms with van der Waals surface area (Å²) < 4.78 is 12.9. The molecule has 2 N–H and O–H groups in total. The number of hydrogen-bond donors (Lipinski definition) is 1. The number of aliphatic imine (C=N–C) groups is 1. The number of anilines is 1. The summed E-state index contributed by atoms with van der Waals surface area (Å²) in [5.41, 5.74) is 9.02. The molecule has 4 rings (SSSR count). The van der Waals surface area contributed by atoms with Crippen molar-refractivity contribution in [1.82, 2.24) is 24.4 Å². The molecule has 2 aromatic heterocycles. The quantitative estimate of drug-likeness (QED) is 0.347. The Kier molecular flexibility index (Phi) is 8.34. The highest BCUT2D eigenvalue weighted by Gasteiger charge is 2.23. The Bertz CT molecular complexity index is 1290. The number of aromatic nitrogens is 4. The third-order valence-corrected chi connectivity index (χ3v) is 6.21. The highest BCUT2D eigenvalue weighted by atomic mass is 16.5. The Balaban J connectivity index is 1.79. The molecule has 1 aliphatic heterocycles. The lowest BCUT2D eigenvalue weighted by atomic mass is 10.1. The molecule has 37 heavy (non-hydrogen) atoms. The van der Waals surface area contributed by atoms with Crippen LogP contribution >= 0.6 is 0 Å². The Morgan fingerprint density at radius 1 is 1.19 bits per heavy atom. The molecule has 1 aromatic carbocycles. The summed E-state index contributed by atoms with van der Waals surface area (Å²) in [5.74, 6) is 2.09. The van der Waals surface area contributed by atoms with Crippen molar-refractivity contribution < 1.29 is 14.3 Å². The van der Waals surface area contributed by atoms with Gasteiger partial charge in [-0.05, 0) is 12.5 Å². The zero-order chi connectivity index (χ0) is 26.4. The van der Waals surface area contributed by atoms with Crippen LogP contribution in [0, 0.1) is 0 Å². The number of allylic oxidation sites excluding steroid dienone is 1. The average Bonchev–Trinajstić information content (AvgIpc) is 3.29. The monoisotopic (exact) mass is 506 g/mol. The molecular formula is C26H34N8O3. The van der Waals surface area contributed by atoms with E-state index in [-0.39, 0.29) is 17.7 Å². The number of rotatable bonds is 9. The molecule has 1 amide bonds. The summed E-state index contributed by atoms with van der Waals surface area (Å²) in [5, 5.41) is 0. The molecule has 196 valence electrons. The van der Waals surface area contributed by atoms with Gasteiger partial charge in [0.1, 0.15) is 5.82 Å². The van der Waals surface area contributed by atoms with E-state index in [0.717, 1.165) is 11.4 Å². The van der Waals surface area contributed by atoms with Gasteiger partial charge in [0.15, 0.2) is 22.9 Å². The molecule has 3 aromatic rings. The first-order valence-corrected chi connectivity index (χ1v) is 12.4. The van der Waals surface area contributed by atoms with Gasteiger partial charge in [-0.2, -0.15) is 9.97 Å². The number of aryl methyl sites for hydroxylation is 2. The van der Waals surface area contributed by atoms with Gasteiger partial charge < -0.3 is 29.6 Å². The van der Waals surface area contributed by atoms with Crippen LogP contribution < -0.4 is 10.6 Å². The van der Waals surface area contributed by atoms with Gasteiger partial charge >= 0.3 is 0 Å². The zero-order valence-electron chi connectivity index (χ0n) is 21.8. The molecule has 1 aliphatic rings. The number of hydrogen-bond acceptors (Lipinski definition) is 9. The Labute approximate surface area is 216 Å². The van der Waals surface area contributed by atoms with Gasteiger partial charge in [0.05, 0.1) is 25.9 Å². The van der Waals surface area contributed by atoms with Gasteiger partial charge in [-0.25, -0.2) is 9.98 Å². The molecule has 11 heteroatoms. The fourth-order valence-electron chi connectivity index (χ4n) is 4.17. The van der Waals surface area contributed by atoms with E-state index in [2.05, 4.69) is 9.89 Å². The summed E-state index contributed by atoms with van der Waals surface area (Å²) in [4.78, 5) is 35.1. The Morgan fingerprint density at radius 2 is 1.92 bits per heavy atom. The van der Waals surface area contributed by atoms with Crippen LogP contribution in [0.5, 0.6) is 0 Å². The van der Waals surface area contributed by atoms with E-state index < -0.39 is 0 Å². The predicted molar refractivity (Wildman–Crippen MR) is 144 cm³/mol. The van der Waals surface area contributed by atoms with Gasteiger partial charge in [0.2, 0.25) is 5.91 Å². The molecule has 1 saturated heterocycles. The van der Waals surface area contributed by atoms with Gasteiger partial charge in [0, 0.05) is 52.8 Å². The maximum absolute atomic E-state index is 12.2. The first kappa shape index (κ1) is 26.1. The second-order valence-corrected chi connectivity index (χ2v) is 8.79. The van der Waals surface area contributed by atoms with Crippen molar-refractivity contribution in [3.05, 3.63) is 47.6 Å². The first-order valence-electron chi connectivity index (χ1n) is 12.4. The van der Waals surface area contributed by atoms with Gasteiger partial charge in [-0.1, -0.05) is 30.3 Å². The number of imidazole rings is 1. The Hall–Kier alpha value is -3.99. The van der Waals surface area contributed by atoms with Gasteiger partial charge in [-0.15, -0.1) is 0 Å². The van der Waals surface area contributed by atoms with Crippen LogP contribution in [0.25, 0.3) is 16.7 Å². The van der Waals surface area contributed by atoms with Crippen LogP contribution in [-0.4, -0.2) is 84.0 Å². The van der Waals surface area contributed by atoms with Crippen molar-refractivity contribution in [2.24, 2.45) is 10.7 Å². The third-order valence-electron chi connectivity index (χ3n) is 6.21. The van der Waals surface area contributed by atoms with Crippen molar-refractivity contribution in [3.8, 4) is 0 Å². The summed E-state index contributed by atoms with van der Waals surface area (Å²) in [7, 11) is 5.03. The SMILES string of the molecule is CCn1c(CCC(=O)N(C)C)nc2c(N3CCOCC3)nc(/N=C/C(=C(\N)OC)c3ccccc3)nc21. The van der Waals surface area contributed by atoms with Crippen molar-refractivity contribution in [1.29, 1.82) is 0 Å². The largest absolute Gasteiger partial charge is 0.482 e. The maximum atomic E-state index is 12.2. The van der Waals surface area contributed by atoms with Crippen molar-refractivity contribution in [2.75, 3.05) is 52.4 Å². The van der Waals surface area contributed by atoms with Crippen LogP contribution in [0.3, 0.4) is 0 Å². The highest BCUT2D eigenvalue weighted by Crippen LogP contribution is 2.28. The van der Waals surface area contributed by atoms with Crippen molar-refractivity contribution in [2.45, 2.75) is 26.3 Å². The van der Waals surface area contributed by atoms with Crippen LogP contribution in [0.15, 0.2) is 41.2 Å². The van der Waals surface area contributed by atoms with E-state index in [4.69, 9.17) is 30.2 Å². The molecule has 0 spiro atoms. The van der Waals surface area contributed by atoms with E-state index >= 15 is 0 Å². The maximum Gasteiger partial charge on any atom is 0.253 e. The topological polar surface area (TPSA) is 124 Å². The highest BCUT2D eigenvalue weighted by molar-refractivity contribution is 6.11. The van der Waals surface area contributed by atoms with E-state index in [9.17, 15) is 4.79 Å². The van der Waals surface area contributed by atoms with Crippen LogP contribution in [-0.2, 0) is 27.2 Å². The van der Waals surface area contributed by atoms with E-state index in [0.29, 0.717) is 68.2 Å². The van der Waals surface area contributed by atoms with Gasteiger partial charge in [-0.3, -0.25) is 4.79 Å². The number of ether oxygens (including phenoxy) is 2. The minimum Gasteiger partial charge on any atom is -0.482 e. The standard InChI is InChI=1S/C26H34N8O3/c1-5-34-20(11-12-21(35)32(2)3)29-22-24(33-13-15-37-16-14-33)30-26(31-25(22)34)28-17-19(23(27)36-4)18-9-7-6-8-10-18/h6-10,17H,5,11-16,27H2,1-4H3/b23-19-,28-17+. The fourth-order valence-corrected chi connectivity index (χ4v) is 4.17. The summed E-state index contributed by atoms with van der Waals surface area (Å²) in [6, 6.07) is 9.65. The van der Waals surface area contributed by atoms with E-state index in [1.165, 1.54) is 7.11 Å². The molecule has 11 nitrogen and oxygen atoms in total. The number of nitrogens with zero attached hydrogens (tertiary/aromatic N) is 7. The zero-order valence-corrected chi connectivity index (χ0v) is 21.8. The Morgan fingerprint density at radius 3 is 2.57 bits per heavy atom. The molecule has 0 bridgehead atoms. The minimum atomic E-state index is 0.0513. The molecule has 0 atom stereocenters. The normalized spacial score (nSPS) is 14.8. The lowest BCUT2D eigenvalue weighted by Crippen LogP contribution is -2.37. The number of methoxy groups -OCH3 is 1. The fraction of sp³-hybridized carbons (Fsp3) is 0.423. The minimum absolute atomic E-state index is 0.0513. The molecule has 0 unspecified atom stereocenters. The summed E-state index contributed by atoms with van der Waals surface area (Å²) in [6.45, 7) is 5.27. The first-order chi connectivity index (χ1) is 17.9. The number of morpholine rings is 1.